The van der Waals surface area contributed by atoms with Crippen LogP contribution in [0.15, 0.2) is 39.5 Å². The summed E-state index contributed by atoms with van der Waals surface area (Å²) in [6, 6.07) is 6.14. The van der Waals surface area contributed by atoms with Crippen LogP contribution in [-0.4, -0.2) is 67.0 Å². The van der Waals surface area contributed by atoms with Gasteiger partial charge in [-0.1, -0.05) is 0 Å². The lowest BCUT2D eigenvalue weighted by Gasteiger charge is -2.35. The maximum absolute atomic E-state index is 12.6. The first-order chi connectivity index (χ1) is 14.7. The van der Waals surface area contributed by atoms with Crippen molar-refractivity contribution in [3.05, 3.63) is 40.6 Å². The van der Waals surface area contributed by atoms with Crippen molar-refractivity contribution in [3.8, 4) is 40.1 Å². The zero-order valence-corrected chi connectivity index (χ0v) is 15.7. The molecule has 1 fully saturated rings. The molecule has 164 valence electrons. The number of ether oxygens (including phenoxy) is 2. The first kappa shape index (κ1) is 20.8. The second-order valence-corrected chi connectivity index (χ2v) is 6.97. The van der Waals surface area contributed by atoms with Gasteiger partial charge in [0.1, 0.15) is 35.2 Å². The number of phenols is 3. The Labute approximate surface area is 173 Å². The van der Waals surface area contributed by atoms with Gasteiger partial charge in [-0.25, -0.2) is 0 Å². The van der Waals surface area contributed by atoms with E-state index in [0.717, 1.165) is 6.07 Å². The van der Waals surface area contributed by atoms with Crippen molar-refractivity contribution >= 4 is 11.0 Å². The number of aliphatic hydroxyl groups is 3. The van der Waals surface area contributed by atoms with Gasteiger partial charge in [-0.3, -0.25) is 4.79 Å². The summed E-state index contributed by atoms with van der Waals surface area (Å²) in [4.78, 5) is 12.6. The standard InChI is InChI=1S/C20H18O11/c21-8-3-1-7(2-4-8)18-16(27)15(26)12-9(22)5-11(14(25)19(12)31-18)30-20-17(28)13(24)10(23)6-29-20/h1-5,10,13,17,20-25,27-28H,6H2/t10-,13-,17-,20+/m1/s1. The van der Waals surface area contributed by atoms with Crippen molar-refractivity contribution in [3.63, 3.8) is 0 Å². The normalized spacial score (nSPS) is 23.7. The molecule has 4 atom stereocenters. The second kappa shape index (κ2) is 7.63. The molecule has 1 aromatic heterocycles. The summed E-state index contributed by atoms with van der Waals surface area (Å²) < 4.78 is 15.9. The molecule has 11 nitrogen and oxygen atoms in total. The number of phenolic OH excluding ortho intramolecular Hbond substituents is 3. The molecule has 0 amide bonds. The molecule has 0 saturated carbocycles. The van der Waals surface area contributed by atoms with Crippen LogP contribution in [0.4, 0.5) is 0 Å². The Morgan fingerprint density at radius 2 is 1.61 bits per heavy atom. The van der Waals surface area contributed by atoms with Crippen LogP contribution in [0.5, 0.6) is 28.7 Å². The van der Waals surface area contributed by atoms with Gasteiger partial charge >= 0.3 is 0 Å². The van der Waals surface area contributed by atoms with E-state index in [-0.39, 0.29) is 23.7 Å². The van der Waals surface area contributed by atoms with Gasteiger partial charge in [-0.15, -0.1) is 0 Å². The molecule has 1 aliphatic heterocycles. The predicted octanol–water partition coefficient (Wildman–Crippen LogP) is 0.100. The van der Waals surface area contributed by atoms with E-state index < -0.39 is 64.0 Å². The Kier molecular flexibility index (Phi) is 5.11. The SMILES string of the molecule is O=c1c(O)c(-c2ccc(O)cc2)oc2c(O)c(O[C@@H]3OC[C@@H](O)[C@@H](O)[C@H]3O)cc(O)c12. The van der Waals surface area contributed by atoms with Gasteiger partial charge < -0.3 is 49.6 Å². The molecular weight excluding hydrogens is 416 g/mol. The zero-order valence-electron chi connectivity index (χ0n) is 15.7. The molecule has 0 bridgehead atoms. The lowest BCUT2D eigenvalue weighted by Crippen LogP contribution is -2.54. The Balaban J connectivity index is 1.82. The van der Waals surface area contributed by atoms with Crippen molar-refractivity contribution < 1.29 is 49.6 Å². The summed E-state index contributed by atoms with van der Waals surface area (Å²) >= 11 is 0. The lowest BCUT2D eigenvalue weighted by molar-refractivity contribution is -0.242. The van der Waals surface area contributed by atoms with Crippen molar-refractivity contribution in [2.24, 2.45) is 0 Å². The van der Waals surface area contributed by atoms with E-state index in [9.17, 15) is 40.5 Å². The average Bonchev–Trinajstić information content (AvgIpc) is 2.74. The highest BCUT2D eigenvalue weighted by molar-refractivity contribution is 5.93. The Morgan fingerprint density at radius 1 is 0.935 bits per heavy atom. The molecule has 0 unspecified atom stereocenters. The molecule has 2 heterocycles. The molecule has 11 heteroatoms. The van der Waals surface area contributed by atoms with Crippen LogP contribution in [0.1, 0.15) is 0 Å². The number of aromatic hydroxyl groups is 4. The minimum absolute atomic E-state index is 0.0686. The molecule has 4 rings (SSSR count). The largest absolute Gasteiger partial charge is 0.508 e. The summed E-state index contributed by atoms with van der Waals surface area (Å²) in [7, 11) is 0. The van der Waals surface area contributed by atoms with E-state index in [1.807, 2.05) is 0 Å². The fourth-order valence-electron chi connectivity index (χ4n) is 3.21. The maximum Gasteiger partial charge on any atom is 0.238 e. The summed E-state index contributed by atoms with van der Waals surface area (Å²) in [5.74, 6) is -3.14. The highest BCUT2D eigenvalue weighted by Gasteiger charge is 2.39. The highest BCUT2D eigenvalue weighted by Crippen LogP contribution is 2.43. The molecule has 0 spiro atoms. The number of hydrogen-bond acceptors (Lipinski definition) is 11. The highest BCUT2D eigenvalue weighted by atomic mass is 16.7. The fraction of sp³-hybridized carbons (Fsp3) is 0.250. The molecule has 1 saturated heterocycles. The monoisotopic (exact) mass is 434 g/mol. The third kappa shape index (κ3) is 3.49. The Hall–Kier alpha value is -3.51. The first-order valence-corrected chi connectivity index (χ1v) is 9.05. The van der Waals surface area contributed by atoms with Crippen LogP contribution in [0.2, 0.25) is 0 Å². The lowest BCUT2D eigenvalue weighted by atomic mass is 10.1. The van der Waals surface area contributed by atoms with E-state index in [4.69, 9.17) is 13.9 Å². The number of rotatable bonds is 3. The van der Waals surface area contributed by atoms with E-state index >= 15 is 0 Å². The van der Waals surface area contributed by atoms with Crippen molar-refractivity contribution in [2.75, 3.05) is 6.61 Å². The van der Waals surface area contributed by atoms with Crippen LogP contribution >= 0.6 is 0 Å². The molecule has 2 aromatic carbocycles. The van der Waals surface area contributed by atoms with Gasteiger partial charge in [0.25, 0.3) is 0 Å². The third-order valence-electron chi connectivity index (χ3n) is 4.89. The predicted molar refractivity (Wildman–Crippen MR) is 103 cm³/mol. The van der Waals surface area contributed by atoms with Crippen LogP contribution in [0.3, 0.4) is 0 Å². The van der Waals surface area contributed by atoms with E-state index in [0.29, 0.717) is 0 Å². The summed E-state index contributed by atoms with van der Waals surface area (Å²) in [5, 5.41) is 69.3. The molecule has 1 aliphatic rings. The van der Waals surface area contributed by atoms with Gasteiger partial charge in [0, 0.05) is 11.6 Å². The minimum Gasteiger partial charge on any atom is -0.508 e. The molecular formula is C20H18O11. The van der Waals surface area contributed by atoms with Gasteiger partial charge in [-0.2, -0.15) is 0 Å². The van der Waals surface area contributed by atoms with Crippen LogP contribution in [0.25, 0.3) is 22.3 Å². The molecule has 31 heavy (non-hydrogen) atoms. The molecule has 7 N–H and O–H groups in total. The van der Waals surface area contributed by atoms with Crippen molar-refractivity contribution in [1.29, 1.82) is 0 Å². The maximum atomic E-state index is 12.6. The molecule has 0 aliphatic carbocycles. The topological polar surface area (TPSA) is 190 Å². The number of benzene rings is 2. The summed E-state index contributed by atoms with van der Waals surface area (Å²) in [6.07, 6.45) is -6.12. The Morgan fingerprint density at radius 3 is 2.29 bits per heavy atom. The van der Waals surface area contributed by atoms with Crippen LogP contribution in [0, 0.1) is 0 Å². The summed E-state index contributed by atoms with van der Waals surface area (Å²) in [5.41, 5.74) is -1.36. The van der Waals surface area contributed by atoms with Gasteiger partial charge in [0.05, 0.1) is 6.61 Å². The van der Waals surface area contributed by atoms with Gasteiger partial charge in [-0.05, 0) is 24.3 Å². The van der Waals surface area contributed by atoms with E-state index in [2.05, 4.69) is 0 Å². The van der Waals surface area contributed by atoms with Crippen molar-refractivity contribution in [1.82, 2.24) is 0 Å². The van der Waals surface area contributed by atoms with Gasteiger partial charge in [0.2, 0.25) is 23.2 Å². The van der Waals surface area contributed by atoms with Crippen LogP contribution in [-0.2, 0) is 4.74 Å². The first-order valence-electron chi connectivity index (χ1n) is 9.05. The third-order valence-corrected chi connectivity index (χ3v) is 4.89. The number of hydrogen-bond donors (Lipinski definition) is 7. The second-order valence-electron chi connectivity index (χ2n) is 6.97. The van der Waals surface area contributed by atoms with E-state index in [1.165, 1.54) is 24.3 Å². The zero-order chi connectivity index (χ0) is 22.4. The number of fused-ring (bicyclic) bond motifs is 1. The smallest absolute Gasteiger partial charge is 0.238 e. The summed E-state index contributed by atoms with van der Waals surface area (Å²) in [6.45, 7) is -0.364. The van der Waals surface area contributed by atoms with Gasteiger partial charge in [0.15, 0.2) is 17.1 Å². The van der Waals surface area contributed by atoms with Crippen LogP contribution < -0.4 is 10.2 Å². The fourth-order valence-corrected chi connectivity index (χ4v) is 3.21. The van der Waals surface area contributed by atoms with E-state index in [1.54, 1.807) is 0 Å². The quantitative estimate of drug-likeness (QED) is 0.277. The van der Waals surface area contributed by atoms with Crippen molar-refractivity contribution in [2.45, 2.75) is 24.6 Å². The number of aliphatic hydroxyl groups excluding tert-OH is 3. The minimum atomic E-state index is -1.68. The average molecular weight is 434 g/mol. The Bertz CT molecular complexity index is 1180. The molecule has 3 aromatic rings. The molecule has 0 radical (unpaired) electrons.